The lowest BCUT2D eigenvalue weighted by molar-refractivity contribution is -0.119. The predicted octanol–water partition coefficient (Wildman–Crippen LogP) is 4.12. The van der Waals surface area contributed by atoms with E-state index < -0.39 is 9.84 Å². The topological polar surface area (TPSA) is 84.5 Å². The number of halogens is 2. The molecule has 0 aromatic heterocycles. The van der Waals surface area contributed by atoms with E-state index >= 15 is 0 Å². The summed E-state index contributed by atoms with van der Waals surface area (Å²) in [5.41, 5.74) is 2.33. The third-order valence-electron chi connectivity index (χ3n) is 4.62. The molecule has 0 bridgehead atoms. The van der Waals surface area contributed by atoms with Gasteiger partial charge in [0.1, 0.15) is 5.75 Å². The number of anilines is 1. The maximum atomic E-state index is 12.2. The number of amides is 1. The molecule has 1 heterocycles. The van der Waals surface area contributed by atoms with Crippen molar-refractivity contribution in [1.82, 2.24) is 5.32 Å². The molecule has 1 amide bonds. The quantitative estimate of drug-likeness (QED) is 0.682. The smallest absolute Gasteiger partial charge is 0.239 e. The minimum Gasteiger partial charge on any atom is -0.455 e. The fourth-order valence-corrected chi connectivity index (χ4v) is 5.43. The lowest BCUT2D eigenvalue weighted by atomic mass is 10.1. The van der Waals surface area contributed by atoms with Gasteiger partial charge in [0.05, 0.1) is 23.7 Å². The fourth-order valence-electron chi connectivity index (χ4n) is 3.26. The van der Waals surface area contributed by atoms with E-state index in [9.17, 15) is 13.2 Å². The molecular weight excluding hydrogens is 435 g/mol. The summed E-state index contributed by atoms with van der Waals surface area (Å²) >= 11 is 12.2. The third-order valence-corrected chi connectivity index (χ3v) is 6.84. The van der Waals surface area contributed by atoms with E-state index in [4.69, 9.17) is 27.9 Å². The van der Waals surface area contributed by atoms with Crippen LogP contribution in [0, 0.1) is 13.8 Å². The second-order valence-corrected chi connectivity index (χ2v) is 10.2. The van der Waals surface area contributed by atoms with Gasteiger partial charge in [-0.05, 0) is 61.7 Å². The molecule has 1 saturated heterocycles. The Balaban J connectivity index is 1.70. The van der Waals surface area contributed by atoms with Crippen molar-refractivity contribution in [2.45, 2.75) is 26.3 Å². The van der Waals surface area contributed by atoms with Gasteiger partial charge in [-0.3, -0.25) is 4.79 Å². The zero-order chi connectivity index (χ0) is 21.2. The maximum absolute atomic E-state index is 12.2. The van der Waals surface area contributed by atoms with E-state index in [-0.39, 0.29) is 30.0 Å². The predicted molar refractivity (Wildman–Crippen MR) is 116 cm³/mol. The van der Waals surface area contributed by atoms with E-state index in [1.165, 1.54) is 0 Å². The maximum Gasteiger partial charge on any atom is 0.239 e. The number of benzene rings is 2. The first kappa shape index (κ1) is 21.7. The number of sulfone groups is 1. The Morgan fingerprint density at radius 2 is 1.83 bits per heavy atom. The number of hydrogen-bond donors (Lipinski definition) is 2. The zero-order valence-corrected chi connectivity index (χ0v) is 18.4. The number of carbonyl (C=O) groups excluding carboxylic acids is 1. The molecule has 1 aliphatic heterocycles. The van der Waals surface area contributed by atoms with Crippen LogP contribution in [-0.2, 0) is 14.6 Å². The van der Waals surface area contributed by atoms with Gasteiger partial charge in [-0.1, -0.05) is 23.2 Å². The number of rotatable bonds is 6. The second-order valence-electron chi connectivity index (χ2n) is 7.13. The van der Waals surface area contributed by atoms with Crippen molar-refractivity contribution < 1.29 is 17.9 Å². The van der Waals surface area contributed by atoms with Crippen molar-refractivity contribution in [3.8, 4) is 11.5 Å². The van der Waals surface area contributed by atoms with Gasteiger partial charge in [-0.2, -0.15) is 0 Å². The Labute approximate surface area is 180 Å². The first-order chi connectivity index (χ1) is 13.6. The van der Waals surface area contributed by atoms with Gasteiger partial charge in [0, 0.05) is 16.1 Å². The van der Waals surface area contributed by atoms with Gasteiger partial charge in [-0.15, -0.1) is 0 Å². The summed E-state index contributed by atoms with van der Waals surface area (Å²) < 4.78 is 29.1. The fraction of sp³-hybridized carbons (Fsp3) is 0.350. The molecule has 1 aliphatic rings. The standard InChI is InChI=1S/C20H22Cl2N2O4S/c1-12-7-15(22)8-13(2)20(12)28-18-4-3-14(21)9-17(18)23-10-19(25)24-16-5-6-29(26,27)11-16/h3-4,7-9,16,23H,5-6,10-11H2,1-2H3,(H,24,25). The van der Waals surface area contributed by atoms with Gasteiger partial charge >= 0.3 is 0 Å². The number of aryl methyl sites for hydroxylation is 2. The number of ether oxygens (including phenoxy) is 1. The summed E-state index contributed by atoms with van der Waals surface area (Å²) in [5.74, 6) is 0.994. The molecule has 0 spiro atoms. The lowest BCUT2D eigenvalue weighted by Gasteiger charge is -2.17. The average Bonchev–Trinajstić information content (AvgIpc) is 2.96. The normalized spacial score (nSPS) is 17.7. The molecule has 0 saturated carbocycles. The SMILES string of the molecule is Cc1cc(Cl)cc(C)c1Oc1ccc(Cl)cc1NCC(=O)NC1CCS(=O)(=O)C1. The summed E-state index contributed by atoms with van der Waals surface area (Å²) in [4.78, 5) is 12.2. The molecule has 1 unspecified atom stereocenters. The molecule has 1 atom stereocenters. The lowest BCUT2D eigenvalue weighted by Crippen LogP contribution is -2.39. The largest absolute Gasteiger partial charge is 0.455 e. The Bertz CT molecular complexity index is 1020. The molecule has 29 heavy (non-hydrogen) atoms. The van der Waals surface area contributed by atoms with E-state index in [0.29, 0.717) is 33.7 Å². The molecule has 0 aliphatic carbocycles. The summed E-state index contributed by atoms with van der Waals surface area (Å²) in [6, 6.07) is 8.38. The average molecular weight is 457 g/mol. The highest BCUT2D eigenvalue weighted by atomic mass is 35.5. The molecule has 0 radical (unpaired) electrons. The van der Waals surface area contributed by atoms with Crippen LogP contribution in [-0.4, -0.2) is 38.4 Å². The van der Waals surface area contributed by atoms with Gasteiger partial charge in [0.15, 0.2) is 15.6 Å². The van der Waals surface area contributed by atoms with E-state index in [1.807, 2.05) is 26.0 Å². The van der Waals surface area contributed by atoms with Crippen LogP contribution in [0.15, 0.2) is 30.3 Å². The van der Waals surface area contributed by atoms with E-state index in [1.54, 1.807) is 18.2 Å². The van der Waals surface area contributed by atoms with Crippen LogP contribution in [0.3, 0.4) is 0 Å². The Kier molecular flexibility index (Phi) is 6.61. The van der Waals surface area contributed by atoms with Gasteiger partial charge in [0.25, 0.3) is 0 Å². The number of hydrogen-bond acceptors (Lipinski definition) is 5. The molecule has 1 fully saturated rings. The summed E-state index contributed by atoms with van der Waals surface area (Å²) in [7, 11) is -3.05. The highest BCUT2D eigenvalue weighted by Crippen LogP contribution is 2.36. The first-order valence-corrected chi connectivity index (χ1v) is 11.7. The van der Waals surface area contributed by atoms with Crippen LogP contribution in [0.25, 0.3) is 0 Å². The summed E-state index contributed by atoms with van der Waals surface area (Å²) in [5, 5.41) is 6.89. The highest BCUT2D eigenvalue weighted by molar-refractivity contribution is 7.91. The Morgan fingerprint density at radius 1 is 1.14 bits per heavy atom. The zero-order valence-electron chi connectivity index (χ0n) is 16.1. The molecule has 2 N–H and O–H groups in total. The van der Waals surface area contributed by atoms with Crippen molar-refractivity contribution >= 4 is 44.6 Å². The Morgan fingerprint density at radius 3 is 2.45 bits per heavy atom. The van der Waals surface area contributed by atoms with Crippen LogP contribution >= 0.6 is 23.2 Å². The summed E-state index contributed by atoms with van der Waals surface area (Å²) in [6.07, 6.45) is 0.439. The second kappa shape index (κ2) is 8.81. The molecule has 9 heteroatoms. The van der Waals surface area contributed by atoms with Crippen molar-refractivity contribution in [2.75, 3.05) is 23.4 Å². The summed E-state index contributed by atoms with van der Waals surface area (Å²) in [6.45, 7) is 3.77. The Hall–Kier alpha value is -1.96. The number of carbonyl (C=O) groups is 1. The van der Waals surface area contributed by atoms with Crippen LogP contribution in [0.5, 0.6) is 11.5 Å². The van der Waals surface area contributed by atoms with Crippen molar-refractivity contribution in [3.63, 3.8) is 0 Å². The molecule has 2 aromatic rings. The molecule has 2 aromatic carbocycles. The first-order valence-electron chi connectivity index (χ1n) is 9.11. The van der Waals surface area contributed by atoms with E-state index in [0.717, 1.165) is 11.1 Å². The van der Waals surface area contributed by atoms with Gasteiger partial charge in [-0.25, -0.2) is 8.42 Å². The monoisotopic (exact) mass is 456 g/mol. The van der Waals surface area contributed by atoms with E-state index in [2.05, 4.69) is 10.6 Å². The number of nitrogens with one attached hydrogen (secondary N) is 2. The van der Waals surface area contributed by atoms with Crippen molar-refractivity contribution in [2.24, 2.45) is 0 Å². The molecular formula is C20H22Cl2N2O4S. The van der Waals surface area contributed by atoms with Crippen molar-refractivity contribution in [1.29, 1.82) is 0 Å². The minimum atomic E-state index is -3.05. The van der Waals surface area contributed by atoms with Crippen LogP contribution < -0.4 is 15.4 Å². The third kappa shape index (κ3) is 5.78. The van der Waals surface area contributed by atoms with Crippen LogP contribution in [0.4, 0.5) is 5.69 Å². The van der Waals surface area contributed by atoms with Crippen LogP contribution in [0.1, 0.15) is 17.5 Å². The molecule has 156 valence electrons. The molecule has 6 nitrogen and oxygen atoms in total. The van der Waals surface area contributed by atoms with Crippen LogP contribution in [0.2, 0.25) is 10.0 Å². The van der Waals surface area contributed by atoms with Gasteiger partial charge < -0.3 is 15.4 Å². The minimum absolute atomic E-state index is 0.0145. The van der Waals surface area contributed by atoms with Crippen molar-refractivity contribution in [3.05, 3.63) is 51.5 Å². The molecule has 3 rings (SSSR count). The highest BCUT2D eigenvalue weighted by Gasteiger charge is 2.28. The van der Waals surface area contributed by atoms with Gasteiger partial charge in [0.2, 0.25) is 5.91 Å².